The van der Waals surface area contributed by atoms with E-state index in [1.807, 2.05) is 44.2 Å². The molecule has 4 heteroatoms. The molecule has 1 aromatic heterocycles. The van der Waals surface area contributed by atoms with Crippen LogP contribution in [0.1, 0.15) is 19.4 Å². The van der Waals surface area contributed by atoms with Crippen molar-refractivity contribution < 1.29 is 4.79 Å². The van der Waals surface area contributed by atoms with Crippen LogP contribution in [-0.2, 0) is 10.2 Å². The number of anilines is 1. The standard InChI is InChI=1S/C13H15N3O/c1-13(2,10-6-4-3-5-7-10)11(17)16-12-14-8-9-15-12/h3-9H,1-2H3,(H2,14,15,16,17). The van der Waals surface area contributed by atoms with Gasteiger partial charge in [-0.1, -0.05) is 30.3 Å². The molecule has 2 rings (SSSR count). The molecule has 4 nitrogen and oxygen atoms in total. The SMILES string of the molecule is CC(C)(C(=O)Nc1ncc[nH]1)c1ccccc1. The van der Waals surface area contributed by atoms with Gasteiger partial charge in [0.25, 0.3) is 0 Å². The number of amides is 1. The molecule has 2 aromatic rings. The Morgan fingerprint density at radius 1 is 1.29 bits per heavy atom. The summed E-state index contributed by atoms with van der Waals surface area (Å²) in [6.07, 6.45) is 3.27. The lowest BCUT2D eigenvalue weighted by atomic mass is 9.84. The van der Waals surface area contributed by atoms with Gasteiger partial charge < -0.3 is 4.98 Å². The molecule has 0 unspecified atom stereocenters. The molecule has 1 aromatic carbocycles. The number of imidazole rings is 1. The number of aromatic nitrogens is 2. The van der Waals surface area contributed by atoms with Crippen LogP contribution in [-0.4, -0.2) is 15.9 Å². The Labute approximate surface area is 100 Å². The summed E-state index contributed by atoms with van der Waals surface area (Å²) >= 11 is 0. The molecule has 0 atom stereocenters. The van der Waals surface area contributed by atoms with E-state index in [1.165, 1.54) is 0 Å². The zero-order chi connectivity index (χ0) is 12.3. The first-order valence-corrected chi connectivity index (χ1v) is 5.47. The Balaban J connectivity index is 2.18. The number of hydrogen-bond acceptors (Lipinski definition) is 2. The van der Waals surface area contributed by atoms with E-state index < -0.39 is 5.41 Å². The number of benzene rings is 1. The zero-order valence-electron chi connectivity index (χ0n) is 9.90. The van der Waals surface area contributed by atoms with Crippen molar-refractivity contribution in [2.45, 2.75) is 19.3 Å². The number of carbonyl (C=O) groups is 1. The van der Waals surface area contributed by atoms with Crippen molar-refractivity contribution in [3.05, 3.63) is 48.3 Å². The highest BCUT2D eigenvalue weighted by Gasteiger charge is 2.29. The van der Waals surface area contributed by atoms with Crippen molar-refractivity contribution in [2.75, 3.05) is 5.32 Å². The van der Waals surface area contributed by atoms with E-state index in [-0.39, 0.29) is 5.91 Å². The molecule has 0 bridgehead atoms. The molecule has 0 saturated carbocycles. The summed E-state index contributed by atoms with van der Waals surface area (Å²) in [6.45, 7) is 3.78. The van der Waals surface area contributed by atoms with Crippen LogP contribution in [0.15, 0.2) is 42.7 Å². The molecule has 0 fully saturated rings. The molecule has 0 aliphatic heterocycles. The summed E-state index contributed by atoms with van der Waals surface area (Å²) in [5.41, 5.74) is 0.387. The summed E-state index contributed by atoms with van der Waals surface area (Å²) in [5.74, 6) is 0.387. The van der Waals surface area contributed by atoms with Crippen LogP contribution in [0, 0.1) is 0 Å². The van der Waals surface area contributed by atoms with Crippen molar-refractivity contribution >= 4 is 11.9 Å². The number of nitrogens with one attached hydrogen (secondary N) is 2. The molecule has 17 heavy (non-hydrogen) atoms. The van der Waals surface area contributed by atoms with E-state index in [0.29, 0.717) is 5.95 Å². The third-order valence-electron chi connectivity index (χ3n) is 2.79. The minimum absolute atomic E-state index is 0.0846. The van der Waals surface area contributed by atoms with Gasteiger partial charge in [0.15, 0.2) is 0 Å². The Kier molecular flexibility index (Phi) is 2.95. The topological polar surface area (TPSA) is 57.8 Å². The highest BCUT2D eigenvalue weighted by molar-refractivity contribution is 5.97. The number of carbonyl (C=O) groups excluding carboxylic acids is 1. The van der Waals surface area contributed by atoms with Crippen molar-refractivity contribution in [3.63, 3.8) is 0 Å². The third kappa shape index (κ3) is 2.36. The maximum atomic E-state index is 12.2. The van der Waals surface area contributed by atoms with E-state index in [4.69, 9.17) is 0 Å². The lowest BCUT2D eigenvalue weighted by Crippen LogP contribution is -2.35. The second-order valence-electron chi connectivity index (χ2n) is 4.38. The Morgan fingerprint density at radius 3 is 2.59 bits per heavy atom. The molecule has 0 radical (unpaired) electrons. The van der Waals surface area contributed by atoms with Gasteiger partial charge in [-0.05, 0) is 19.4 Å². The zero-order valence-corrected chi connectivity index (χ0v) is 9.90. The van der Waals surface area contributed by atoms with E-state index in [2.05, 4.69) is 15.3 Å². The van der Waals surface area contributed by atoms with Gasteiger partial charge in [-0.15, -0.1) is 0 Å². The minimum Gasteiger partial charge on any atom is -0.331 e. The second-order valence-corrected chi connectivity index (χ2v) is 4.38. The minimum atomic E-state index is -0.589. The molecular weight excluding hydrogens is 214 g/mol. The van der Waals surface area contributed by atoms with Crippen LogP contribution in [0.25, 0.3) is 0 Å². The fourth-order valence-corrected chi connectivity index (χ4v) is 1.58. The lowest BCUT2D eigenvalue weighted by Gasteiger charge is -2.23. The Morgan fingerprint density at radius 2 is 2.00 bits per heavy atom. The second kappa shape index (κ2) is 4.41. The first-order chi connectivity index (χ1) is 8.10. The van der Waals surface area contributed by atoms with Gasteiger partial charge in [0.2, 0.25) is 11.9 Å². The van der Waals surface area contributed by atoms with Crippen LogP contribution in [0.3, 0.4) is 0 Å². The molecular formula is C13H15N3O. The quantitative estimate of drug-likeness (QED) is 0.848. The smallest absolute Gasteiger partial charge is 0.236 e. The molecule has 0 saturated heterocycles. The van der Waals surface area contributed by atoms with Crippen molar-refractivity contribution in [1.29, 1.82) is 0 Å². The van der Waals surface area contributed by atoms with Gasteiger partial charge in [0.05, 0.1) is 5.41 Å². The number of nitrogens with zero attached hydrogens (tertiary/aromatic N) is 1. The van der Waals surface area contributed by atoms with Gasteiger partial charge in [0, 0.05) is 12.4 Å². The fraction of sp³-hybridized carbons (Fsp3) is 0.231. The van der Waals surface area contributed by atoms with Crippen LogP contribution < -0.4 is 5.32 Å². The number of hydrogen-bond donors (Lipinski definition) is 2. The largest absolute Gasteiger partial charge is 0.331 e. The average Bonchev–Trinajstić information content (AvgIpc) is 2.83. The fourth-order valence-electron chi connectivity index (χ4n) is 1.58. The monoisotopic (exact) mass is 229 g/mol. The highest BCUT2D eigenvalue weighted by atomic mass is 16.2. The Hall–Kier alpha value is -2.10. The summed E-state index contributed by atoms with van der Waals surface area (Å²) in [6, 6.07) is 9.68. The molecule has 1 amide bonds. The van der Waals surface area contributed by atoms with Crippen LogP contribution in [0.2, 0.25) is 0 Å². The predicted molar refractivity (Wildman–Crippen MR) is 66.7 cm³/mol. The summed E-state index contributed by atoms with van der Waals surface area (Å²) < 4.78 is 0. The van der Waals surface area contributed by atoms with E-state index >= 15 is 0 Å². The molecule has 0 aliphatic rings. The van der Waals surface area contributed by atoms with Crippen molar-refractivity contribution in [2.24, 2.45) is 0 Å². The summed E-state index contributed by atoms with van der Waals surface area (Å²) in [4.78, 5) is 19.0. The highest BCUT2D eigenvalue weighted by Crippen LogP contribution is 2.24. The average molecular weight is 229 g/mol. The maximum absolute atomic E-state index is 12.2. The Bertz CT molecular complexity index is 489. The molecule has 1 heterocycles. The number of aromatic amines is 1. The van der Waals surface area contributed by atoms with Crippen molar-refractivity contribution in [1.82, 2.24) is 9.97 Å². The normalized spacial score (nSPS) is 11.2. The van der Waals surface area contributed by atoms with Crippen LogP contribution in [0.4, 0.5) is 5.95 Å². The van der Waals surface area contributed by atoms with E-state index in [0.717, 1.165) is 5.56 Å². The third-order valence-corrected chi connectivity index (χ3v) is 2.79. The maximum Gasteiger partial charge on any atom is 0.236 e. The van der Waals surface area contributed by atoms with Gasteiger partial charge >= 0.3 is 0 Å². The van der Waals surface area contributed by atoms with Gasteiger partial charge in [-0.25, -0.2) is 4.98 Å². The van der Waals surface area contributed by atoms with Crippen molar-refractivity contribution in [3.8, 4) is 0 Å². The first-order valence-electron chi connectivity index (χ1n) is 5.47. The summed E-state index contributed by atoms with van der Waals surface area (Å²) in [5, 5.41) is 2.76. The number of rotatable bonds is 3. The van der Waals surface area contributed by atoms with E-state index in [9.17, 15) is 4.79 Å². The van der Waals surface area contributed by atoms with Gasteiger partial charge in [-0.3, -0.25) is 10.1 Å². The molecule has 2 N–H and O–H groups in total. The lowest BCUT2D eigenvalue weighted by molar-refractivity contribution is -0.120. The predicted octanol–water partition coefficient (Wildman–Crippen LogP) is 2.33. The van der Waals surface area contributed by atoms with E-state index in [1.54, 1.807) is 12.4 Å². The molecule has 88 valence electrons. The summed E-state index contributed by atoms with van der Waals surface area (Å²) in [7, 11) is 0. The molecule has 0 spiro atoms. The van der Waals surface area contributed by atoms with Gasteiger partial charge in [0.1, 0.15) is 0 Å². The van der Waals surface area contributed by atoms with Crippen LogP contribution in [0.5, 0.6) is 0 Å². The molecule has 0 aliphatic carbocycles. The van der Waals surface area contributed by atoms with Crippen LogP contribution >= 0.6 is 0 Å². The van der Waals surface area contributed by atoms with Gasteiger partial charge in [-0.2, -0.15) is 0 Å². The first kappa shape index (κ1) is 11.4. The number of H-pyrrole nitrogens is 1.